The van der Waals surface area contributed by atoms with Crippen molar-refractivity contribution in [3.63, 3.8) is 0 Å². The minimum atomic E-state index is -0.0333. The molecule has 5 nitrogen and oxygen atoms in total. The highest BCUT2D eigenvalue weighted by Gasteiger charge is 2.18. The van der Waals surface area contributed by atoms with E-state index in [9.17, 15) is 15.0 Å². The van der Waals surface area contributed by atoms with Crippen LogP contribution < -0.4 is 5.43 Å². The van der Waals surface area contributed by atoms with Crippen LogP contribution in [0.25, 0.3) is 31.2 Å². The Kier molecular flexibility index (Phi) is 4.53. The molecule has 0 aliphatic heterocycles. The van der Waals surface area contributed by atoms with Gasteiger partial charge in [-0.25, -0.2) is 0 Å². The van der Waals surface area contributed by atoms with Crippen LogP contribution >= 0.6 is 11.3 Å². The van der Waals surface area contributed by atoms with E-state index in [1.54, 1.807) is 30.3 Å². The first-order valence-electron chi connectivity index (χ1n) is 9.16. The summed E-state index contributed by atoms with van der Waals surface area (Å²) in [6, 6.07) is 10.1. The minimum Gasteiger partial charge on any atom is -0.508 e. The smallest absolute Gasteiger partial charge is 0.212 e. The predicted molar refractivity (Wildman–Crippen MR) is 112 cm³/mol. The van der Waals surface area contributed by atoms with E-state index >= 15 is 0 Å². The molecule has 140 valence electrons. The maximum atomic E-state index is 13.3. The Labute approximate surface area is 160 Å². The summed E-state index contributed by atoms with van der Waals surface area (Å²) in [5, 5.41) is 21.3. The molecule has 0 radical (unpaired) electrons. The van der Waals surface area contributed by atoms with Gasteiger partial charge in [0.25, 0.3) is 0 Å². The number of phenolic OH excluding ortho intramolecular Hbond substituents is 2. The van der Waals surface area contributed by atoms with Crippen molar-refractivity contribution in [2.24, 2.45) is 0 Å². The van der Waals surface area contributed by atoms with Crippen molar-refractivity contribution in [2.45, 2.75) is 20.4 Å². The molecule has 6 heteroatoms. The highest BCUT2D eigenvalue weighted by Crippen LogP contribution is 2.36. The van der Waals surface area contributed by atoms with Crippen LogP contribution in [0.15, 0.2) is 41.2 Å². The van der Waals surface area contributed by atoms with Crippen molar-refractivity contribution < 1.29 is 10.2 Å². The number of fused-ring (bicyclic) bond motifs is 4. The number of aromatic hydroxyl groups is 2. The van der Waals surface area contributed by atoms with Crippen molar-refractivity contribution in [2.75, 3.05) is 19.6 Å². The van der Waals surface area contributed by atoms with Gasteiger partial charge in [0.1, 0.15) is 17.0 Å². The Balaban J connectivity index is 2.04. The monoisotopic (exact) mass is 382 g/mol. The molecule has 4 aromatic rings. The standard InChI is InChI=1S/C21H22N2O3S/c1-3-22(4-2)9-10-23-17-8-6-13(24)11-16(17)21-19(23)20(26)15-7-5-14(25)12-18(15)27-21/h5-8,11-12,24-25H,3-4,9-10H2,1-2H3. The van der Waals surface area contributed by atoms with Gasteiger partial charge in [0.2, 0.25) is 5.43 Å². The third-order valence-corrected chi connectivity index (χ3v) is 6.35. The lowest BCUT2D eigenvalue weighted by atomic mass is 10.2. The van der Waals surface area contributed by atoms with Crippen LogP contribution in [0.5, 0.6) is 11.5 Å². The van der Waals surface area contributed by atoms with Gasteiger partial charge in [0.05, 0.1) is 10.2 Å². The molecule has 0 spiro atoms. The van der Waals surface area contributed by atoms with Crippen LogP contribution in [0, 0.1) is 0 Å². The summed E-state index contributed by atoms with van der Waals surface area (Å²) < 4.78 is 3.68. The van der Waals surface area contributed by atoms with Gasteiger partial charge in [-0.1, -0.05) is 13.8 Å². The number of nitrogens with zero attached hydrogens (tertiary/aromatic N) is 2. The lowest BCUT2D eigenvalue weighted by Crippen LogP contribution is -2.27. The molecule has 2 aromatic heterocycles. The lowest BCUT2D eigenvalue weighted by Gasteiger charge is -2.19. The average Bonchev–Trinajstić information content (AvgIpc) is 2.96. The molecule has 0 fully saturated rings. The summed E-state index contributed by atoms with van der Waals surface area (Å²) >= 11 is 1.48. The van der Waals surface area contributed by atoms with E-state index in [1.165, 1.54) is 11.3 Å². The summed E-state index contributed by atoms with van der Waals surface area (Å²) in [5.41, 5.74) is 1.59. The van der Waals surface area contributed by atoms with E-state index < -0.39 is 0 Å². The van der Waals surface area contributed by atoms with Crippen molar-refractivity contribution in [3.8, 4) is 11.5 Å². The zero-order chi connectivity index (χ0) is 19.1. The largest absolute Gasteiger partial charge is 0.508 e. The molecule has 0 saturated heterocycles. The molecular weight excluding hydrogens is 360 g/mol. The zero-order valence-corrected chi connectivity index (χ0v) is 16.2. The molecule has 0 atom stereocenters. The summed E-state index contributed by atoms with van der Waals surface area (Å²) in [6.07, 6.45) is 0. The number of hydrogen-bond donors (Lipinski definition) is 2. The van der Waals surface area contributed by atoms with Crippen molar-refractivity contribution in [1.29, 1.82) is 0 Å². The lowest BCUT2D eigenvalue weighted by molar-refractivity contribution is 0.293. The SMILES string of the molecule is CCN(CC)CCn1c2ccc(O)cc2c2sc3cc(O)ccc3c(=O)c21. The van der Waals surface area contributed by atoms with Crippen LogP contribution in [-0.4, -0.2) is 39.3 Å². The van der Waals surface area contributed by atoms with E-state index in [-0.39, 0.29) is 16.9 Å². The van der Waals surface area contributed by atoms with E-state index in [0.29, 0.717) is 17.4 Å². The number of phenols is 2. The summed E-state index contributed by atoms with van der Waals surface area (Å²) in [6.45, 7) is 7.75. The predicted octanol–water partition coefficient (Wildman–Crippen LogP) is 4.12. The molecule has 0 aliphatic rings. The normalized spacial score (nSPS) is 12.0. The van der Waals surface area contributed by atoms with Crippen molar-refractivity contribution in [3.05, 3.63) is 46.6 Å². The van der Waals surface area contributed by atoms with Crippen LogP contribution in [0.4, 0.5) is 0 Å². The van der Waals surface area contributed by atoms with Gasteiger partial charge >= 0.3 is 0 Å². The summed E-state index contributed by atoms with van der Waals surface area (Å²) in [7, 11) is 0. The number of likely N-dealkylation sites (N-methyl/N-ethyl adjacent to an activating group) is 1. The molecule has 4 rings (SSSR count). The summed E-state index contributed by atoms with van der Waals surface area (Å²) in [4.78, 5) is 15.6. The number of rotatable bonds is 5. The fraction of sp³-hybridized carbons (Fsp3) is 0.286. The fourth-order valence-electron chi connectivity index (χ4n) is 3.67. The van der Waals surface area contributed by atoms with Gasteiger partial charge in [-0.3, -0.25) is 4.79 Å². The first kappa shape index (κ1) is 17.8. The van der Waals surface area contributed by atoms with Gasteiger partial charge < -0.3 is 19.7 Å². The van der Waals surface area contributed by atoms with Crippen LogP contribution in [0.2, 0.25) is 0 Å². The minimum absolute atomic E-state index is 0.0333. The fourth-order valence-corrected chi connectivity index (χ4v) is 4.92. The third-order valence-electron chi connectivity index (χ3n) is 5.17. The molecule has 2 heterocycles. The first-order chi connectivity index (χ1) is 13.0. The van der Waals surface area contributed by atoms with Crippen molar-refractivity contribution >= 4 is 42.5 Å². The molecule has 0 aliphatic carbocycles. The molecule has 2 aromatic carbocycles. The Bertz CT molecular complexity index is 1210. The quantitative estimate of drug-likeness (QED) is 0.545. The molecule has 27 heavy (non-hydrogen) atoms. The molecule has 0 bridgehead atoms. The van der Waals surface area contributed by atoms with E-state index in [4.69, 9.17) is 0 Å². The number of benzene rings is 2. The maximum Gasteiger partial charge on any atom is 0.212 e. The van der Waals surface area contributed by atoms with Gasteiger partial charge in [0, 0.05) is 28.6 Å². The number of aromatic nitrogens is 1. The van der Waals surface area contributed by atoms with Crippen molar-refractivity contribution in [1.82, 2.24) is 9.47 Å². The third kappa shape index (κ3) is 2.95. The second kappa shape index (κ2) is 6.87. The van der Waals surface area contributed by atoms with Gasteiger partial charge in [-0.05, 0) is 49.5 Å². The molecule has 0 saturated carbocycles. The zero-order valence-electron chi connectivity index (χ0n) is 15.4. The maximum absolute atomic E-state index is 13.3. The van der Waals surface area contributed by atoms with E-state index in [1.807, 2.05) is 6.07 Å². The van der Waals surface area contributed by atoms with Crippen LogP contribution in [0.3, 0.4) is 0 Å². The van der Waals surface area contributed by atoms with Crippen LogP contribution in [-0.2, 0) is 6.54 Å². The first-order valence-corrected chi connectivity index (χ1v) is 9.98. The van der Waals surface area contributed by atoms with Gasteiger partial charge in [-0.2, -0.15) is 0 Å². The van der Waals surface area contributed by atoms with E-state index in [2.05, 4.69) is 23.3 Å². The van der Waals surface area contributed by atoms with Gasteiger partial charge in [0.15, 0.2) is 0 Å². The second-order valence-electron chi connectivity index (χ2n) is 6.67. The summed E-state index contributed by atoms with van der Waals surface area (Å²) in [5.74, 6) is 0.326. The average molecular weight is 382 g/mol. The second-order valence-corrected chi connectivity index (χ2v) is 7.72. The van der Waals surface area contributed by atoms with E-state index in [0.717, 1.165) is 39.9 Å². The molecular formula is C21H22N2O3S. The van der Waals surface area contributed by atoms with Gasteiger partial charge in [-0.15, -0.1) is 11.3 Å². The Morgan fingerprint density at radius 2 is 1.70 bits per heavy atom. The molecule has 0 unspecified atom stereocenters. The highest BCUT2D eigenvalue weighted by atomic mass is 32.1. The number of hydrogen-bond acceptors (Lipinski definition) is 5. The Morgan fingerprint density at radius 3 is 2.44 bits per heavy atom. The molecule has 2 N–H and O–H groups in total. The topological polar surface area (TPSA) is 65.7 Å². The Morgan fingerprint density at radius 1 is 1.00 bits per heavy atom. The Hall–Kier alpha value is -2.57. The highest BCUT2D eigenvalue weighted by molar-refractivity contribution is 7.25. The molecule has 0 amide bonds. The van der Waals surface area contributed by atoms with Crippen LogP contribution in [0.1, 0.15) is 13.8 Å².